The average Bonchev–Trinajstić information content (AvgIpc) is 2.94. The van der Waals surface area contributed by atoms with E-state index in [-0.39, 0.29) is 5.25 Å². The fourth-order valence-electron chi connectivity index (χ4n) is 2.51. The van der Waals surface area contributed by atoms with Crippen molar-refractivity contribution in [2.75, 3.05) is 32.6 Å². The number of nitrogens with zero attached hydrogens (tertiary/aromatic N) is 3. The highest BCUT2D eigenvalue weighted by Gasteiger charge is 2.23. The molecule has 0 aliphatic carbocycles. The molecule has 4 nitrogen and oxygen atoms in total. The fraction of sp³-hybridized carbons (Fsp3) is 0.500. The molecule has 2 saturated heterocycles. The van der Waals surface area contributed by atoms with Crippen LogP contribution < -0.4 is 0 Å². The number of para-hydroxylation sites is 1. The van der Waals surface area contributed by atoms with Crippen LogP contribution in [-0.2, 0) is 4.74 Å². The maximum absolute atomic E-state index is 5.61. The van der Waals surface area contributed by atoms with Crippen LogP contribution in [0.4, 0.5) is 5.69 Å². The molecule has 2 aliphatic heterocycles. The van der Waals surface area contributed by atoms with Crippen LogP contribution in [0.1, 0.15) is 12.8 Å². The van der Waals surface area contributed by atoms with Gasteiger partial charge in [-0.05, 0) is 18.6 Å². The Morgan fingerprint density at radius 3 is 2.86 bits per heavy atom. The number of likely N-dealkylation sites (tertiary alicyclic amines) is 1. The quantitative estimate of drug-likeness (QED) is 0.622. The van der Waals surface area contributed by atoms with Gasteiger partial charge in [0.2, 0.25) is 0 Å². The monoisotopic (exact) mass is 303 g/mol. The molecule has 1 aromatic rings. The highest BCUT2D eigenvalue weighted by molar-refractivity contribution is 8.00. The summed E-state index contributed by atoms with van der Waals surface area (Å²) in [7, 11) is 2.11. The normalized spacial score (nSPS) is 25.6. The van der Waals surface area contributed by atoms with Gasteiger partial charge in [-0.15, -0.1) is 11.8 Å². The van der Waals surface area contributed by atoms with Crippen molar-refractivity contribution >= 4 is 29.1 Å². The molecule has 0 bridgehead atoms. The Morgan fingerprint density at radius 1 is 1.33 bits per heavy atom. The first-order valence-electron chi connectivity index (χ1n) is 7.44. The van der Waals surface area contributed by atoms with Crippen LogP contribution >= 0.6 is 11.8 Å². The lowest BCUT2D eigenvalue weighted by Crippen LogP contribution is -2.30. The molecule has 0 amide bonds. The second-order valence-corrected chi connectivity index (χ2v) is 6.60. The van der Waals surface area contributed by atoms with E-state index in [4.69, 9.17) is 14.7 Å². The van der Waals surface area contributed by atoms with Crippen LogP contribution in [0.5, 0.6) is 0 Å². The number of aliphatic imine (C=N–C) groups is 2. The molecule has 112 valence electrons. The molecule has 2 fully saturated rings. The van der Waals surface area contributed by atoms with Crippen LogP contribution in [0.25, 0.3) is 0 Å². The van der Waals surface area contributed by atoms with Crippen LogP contribution in [0.15, 0.2) is 40.3 Å². The first kappa shape index (κ1) is 14.6. The summed E-state index contributed by atoms with van der Waals surface area (Å²) in [6.07, 6.45) is 2.23. The number of hydrogen-bond acceptors (Lipinski definition) is 3. The molecule has 1 atom stereocenters. The topological polar surface area (TPSA) is 37.2 Å². The van der Waals surface area contributed by atoms with Crippen molar-refractivity contribution < 1.29 is 4.74 Å². The zero-order valence-corrected chi connectivity index (χ0v) is 13.2. The van der Waals surface area contributed by atoms with Gasteiger partial charge in [-0.2, -0.15) is 0 Å². The Kier molecular flexibility index (Phi) is 4.93. The van der Waals surface area contributed by atoms with E-state index in [1.807, 2.05) is 42.1 Å². The SMILES string of the molecule is CN1CCCC1=NC(=Nc1ccccc1)C1COCCS1. The lowest BCUT2D eigenvalue weighted by atomic mass is 10.3. The zero-order valence-electron chi connectivity index (χ0n) is 12.4. The first-order chi connectivity index (χ1) is 10.3. The molecule has 1 unspecified atom stereocenters. The third kappa shape index (κ3) is 3.86. The highest BCUT2D eigenvalue weighted by atomic mass is 32.2. The molecule has 3 rings (SSSR count). The second kappa shape index (κ2) is 7.09. The highest BCUT2D eigenvalue weighted by Crippen LogP contribution is 2.22. The number of rotatable bonds is 2. The third-order valence-corrected chi connectivity index (χ3v) is 4.83. The number of hydrogen-bond donors (Lipinski definition) is 0. The second-order valence-electron chi connectivity index (χ2n) is 5.29. The standard InChI is InChI=1S/C16H21N3OS/c1-19-9-5-8-15(19)18-16(14-12-20-10-11-21-14)17-13-6-3-2-4-7-13/h2-4,6-7,14H,5,8-12H2,1H3. The van der Waals surface area contributed by atoms with Crippen molar-refractivity contribution in [1.82, 2.24) is 4.90 Å². The lowest BCUT2D eigenvalue weighted by Gasteiger charge is -2.22. The first-order valence-corrected chi connectivity index (χ1v) is 8.49. The van der Waals surface area contributed by atoms with E-state index in [1.54, 1.807) is 0 Å². The molecule has 21 heavy (non-hydrogen) atoms. The van der Waals surface area contributed by atoms with Crippen molar-refractivity contribution in [1.29, 1.82) is 0 Å². The summed E-state index contributed by atoms with van der Waals surface area (Å²) in [4.78, 5) is 11.9. The van der Waals surface area contributed by atoms with E-state index in [1.165, 1.54) is 6.42 Å². The average molecular weight is 303 g/mol. The van der Waals surface area contributed by atoms with Gasteiger partial charge in [0.1, 0.15) is 11.7 Å². The number of benzene rings is 1. The predicted molar refractivity (Wildman–Crippen MR) is 89.9 cm³/mol. The predicted octanol–water partition coefficient (Wildman–Crippen LogP) is 2.97. The smallest absolute Gasteiger partial charge is 0.146 e. The van der Waals surface area contributed by atoms with Gasteiger partial charge < -0.3 is 9.64 Å². The van der Waals surface area contributed by atoms with E-state index in [2.05, 4.69) is 11.9 Å². The molecule has 2 aliphatic rings. The van der Waals surface area contributed by atoms with Crippen LogP contribution in [-0.4, -0.2) is 54.4 Å². The Bertz CT molecular complexity index is 524. The van der Waals surface area contributed by atoms with Crippen molar-refractivity contribution in [2.24, 2.45) is 9.98 Å². The van der Waals surface area contributed by atoms with Gasteiger partial charge in [0.05, 0.1) is 24.2 Å². The van der Waals surface area contributed by atoms with Crippen molar-refractivity contribution in [3.63, 3.8) is 0 Å². The third-order valence-electron chi connectivity index (χ3n) is 3.68. The molecular formula is C16H21N3OS. The van der Waals surface area contributed by atoms with Crippen LogP contribution in [0, 0.1) is 0 Å². The van der Waals surface area contributed by atoms with Crippen molar-refractivity contribution in [2.45, 2.75) is 18.1 Å². The van der Waals surface area contributed by atoms with E-state index < -0.39 is 0 Å². The minimum atomic E-state index is 0.237. The fourth-order valence-corrected chi connectivity index (χ4v) is 3.45. The molecule has 1 aromatic carbocycles. The molecule has 0 radical (unpaired) electrons. The number of ether oxygens (including phenoxy) is 1. The number of thioether (sulfide) groups is 1. The summed E-state index contributed by atoms with van der Waals surface area (Å²) in [5.41, 5.74) is 0.962. The Morgan fingerprint density at radius 2 is 2.19 bits per heavy atom. The van der Waals surface area contributed by atoms with E-state index >= 15 is 0 Å². The van der Waals surface area contributed by atoms with Gasteiger partial charge in [0.15, 0.2) is 0 Å². The maximum Gasteiger partial charge on any atom is 0.146 e. The Hall–Kier alpha value is -1.33. The van der Waals surface area contributed by atoms with Crippen molar-refractivity contribution in [3.8, 4) is 0 Å². The molecule has 0 spiro atoms. The number of amidine groups is 2. The van der Waals surface area contributed by atoms with Gasteiger partial charge >= 0.3 is 0 Å². The van der Waals surface area contributed by atoms with Gasteiger partial charge in [-0.3, -0.25) is 0 Å². The summed E-state index contributed by atoms with van der Waals surface area (Å²) < 4.78 is 5.61. The molecule has 0 aromatic heterocycles. The van der Waals surface area contributed by atoms with Gasteiger partial charge in [-0.1, -0.05) is 18.2 Å². The summed E-state index contributed by atoms with van der Waals surface area (Å²) in [5, 5.41) is 0.237. The minimum Gasteiger partial charge on any atom is -0.379 e. The maximum atomic E-state index is 5.61. The molecule has 0 saturated carbocycles. The van der Waals surface area contributed by atoms with E-state index in [0.29, 0.717) is 6.61 Å². The Balaban J connectivity index is 1.88. The van der Waals surface area contributed by atoms with Crippen LogP contribution in [0.3, 0.4) is 0 Å². The van der Waals surface area contributed by atoms with Crippen molar-refractivity contribution in [3.05, 3.63) is 30.3 Å². The van der Waals surface area contributed by atoms with Crippen LogP contribution in [0.2, 0.25) is 0 Å². The Labute approximate surface area is 130 Å². The molecule has 0 N–H and O–H groups in total. The molecular weight excluding hydrogens is 282 g/mol. The lowest BCUT2D eigenvalue weighted by molar-refractivity contribution is 0.153. The van der Waals surface area contributed by atoms with E-state index in [9.17, 15) is 0 Å². The molecule has 5 heteroatoms. The summed E-state index contributed by atoms with van der Waals surface area (Å²) >= 11 is 1.89. The van der Waals surface area contributed by atoms with Gasteiger partial charge in [-0.25, -0.2) is 9.98 Å². The summed E-state index contributed by atoms with van der Waals surface area (Å²) in [5.74, 6) is 3.06. The minimum absolute atomic E-state index is 0.237. The van der Waals surface area contributed by atoms with Gasteiger partial charge in [0.25, 0.3) is 0 Å². The zero-order chi connectivity index (χ0) is 14.5. The largest absolute Gasteiger partial charge is 0.379 e. The molecule has 2 heterocycles. The van der Waals surface area contributed by atoms with Gasteiger partial charge in [0, 0.05) is 25.8 Å². The summed E-state index contributed by atoms with van der Waals surface area (Å²) in [6, 6.07) is 10.1. The van der Waals surface area contributed by atoms with E-state index in [0.717, 1.165) is 42.7 Å². The summed E-state index contributed by atoms with van der Waals surface area (Å²) in [6.45, 7) is 2.62.